The average Bonchev–Trinajstić information content (AvgIpc) is 2.61. The Morgan fingerprint density at radius 2 is 2.13 bits per heavy atom. The third kappa shape index (κ3) is 4.80. The van der Waals surface area contributed by atoms with E-state index in [1.165, 1.54) is 36.1 Å². The number of rotatable bonds is 7. The highest BCUT2D eigenvalue weighted by Gasteiger charge is 2.06. The molecule has 0 saturated carbocycles. The molecule has 1 heterocycles. The SMILES string of the molecule is CCCC(CCc1csc(C)c1)NCC. The summed E-state index contributed by atoms with van der Waals surface area (Å²) in [6, 6.07) is 3.03. The normalized spacial score (nSPS) is 13.0. The molecule has 0 saturated heterocycles. The maximum Gasteiger partial charge on any atom is 0.00700 e. The van der Waals surface area contributed by atoms with Crippen LogP contribution >= 0.6 is 11.3 Å². The lowest BCUT2D eigenvalue weighted by molar-refractivity contribution is 0.460. The monoisotopic (exact) mass is 225 g/mol. The van der Waals surface area contributed by atoms with E-state index in [0.717, 1.165) is 6.54 Å². The van der Waals surface area contributed by atoms with Gasteiger partial charge in [0.15, 0.2) is 0 Å². The van der Waals surface area contributed by atoms with Crippen molar-refractivity contribution < 1.29 is 0 Å². The van der Waals surface area contributed by atoms with E-state index in [0.29, 0.717) is 6.04 Å². The molecule has 1 unspecified atom stereocenters. The summed E-state index contributed by atoms with van der Waals surface area (Å²) in [4.78, 5) is 1.43. The first-order chi connectivity index (χ1) is 7.26. The van der Waals surface area contributed by atoms with Crippen LogP contribution in [0.1, 0.15) is 43.6 Å². The van der Waals surface area contributed by atoms with Crippen LogP contribution in [0, 0.1) is 6.92 Å². The Kier molecular flexibility index (Phi) is 5.96. The molecule has 1 atom stereocenters. The third-order valence-corrected chi connectivity index (χ3v) is 3.61. The first kappa shape index (κ1) is 12.7. The number of hydrogen-bond acceptors (Lipinski definition) is 2. The second-order valence-corrected chi connectivity index (χ2v) is 5.26. The molecule has 1 nitrogen and oxygen atoms in total. The Hall–Kier alpha value is -0.340. The van der Waals surface area contributed by atoms with Crippen LogP contribution in [0.4, 0.5) is 0 Å². The van der Waals surface area contributed by atoms with E-state index in [1.54, 1.807) is 0 Å². The van der Waals surface area contributed by atoms with Gasteiger partial charge in [-0.2, -0.15) is 0 Å². The fourth-order valence-corrected chi connectivity index (χ4v) is 2.70. The topological polar surface area (TPSA) is 12.0 Å². The van der Waals surface area contributed by atoms with Crippen LogP contribution in [0.5, 0.6) is 0 Å². The third-order valence-electron chi connectivity index (χ3n) is 2.70. The molecule has 0 aliphatic heterocycles. The van der Waals surface area contributed by atoms with Gasteiger partial charge in [0.1, 0.15) is 0 Å². The molecule has 0 spiro atoms. The Labute approximate surface area is 97.9 Å². The highest BCUT2D eigenvalue weighted by molar-refractivity contribution is 7.10. The van der Waals surface area contributed by atoms with Gasteiger partial charge in [0, 0.05) is 10.9 Å². The second-order valence-electron chi connectivity index (χ2n) is 4.15. The van der Waals surface area contributed by atoms with E-state index in [1.807, 2.05) is 11.3 Å². The van der Waals surface area contributed by atoms with Gasteiger partial charge in [-0.3, -0.25) is 0 Å². The van der Waals surface area contributed by atoms with Gasteiger partial charge in [0.25, 0.3) is 0 Å². The Morgan fingerprint density at radius 1 is 1.33 bits per heavy atom. The predicted molar refractivity (Wildman–Crippen MR) is 69.7 cm³/mol. The largest absolute Gasteiger partial charge is 0.314 e. The quantitative estimate of drug-likeness (QED) is 0.745. The fraction of sp³-hybridized carbons (Fsp3) is 0.692. The van der Waals surface area contributed by atoms with Crippen molar-refractivity contribution in [2.45, 2.75) is 52.5 Å². The second kappa shape index (κ2) is 7.02. The van der Waals surface area contributed by atoms with Crippen molar-refractivity contribution in [3.05, 3.63) is 21.9 Å². The van der Waals surface area contributed by atoms with Crippen molar-refractivity contribution >= 4 is 11.3 Å². The summed E-state index contributed by atoms with van der Waals surface area (Å²) in [6.07, 6.45) is 5.08. The molecule has 0 fully saturated rings. The molecule has 1 rings (SSSR count). The number of hydrogen-bond donors (Lipinski definition) is 1. The van der Waals surface area contributed by atoms with Crippen LogP contribution in [0.3, 0.4) is 0 Å². The van der Waals surface area contributed by atoms with E-state index in [4.69, 9.17) is 0 Å². The Morgan fingerprint density at radius 3 is 2.67 bits per heavy atom. The summed E-state index contributed by atoms with van der Waals surface area (Å²) < 4.78 is 0. The van der Waals surface area contributed by atoms with Crippen LogP contribution < -0.4 is 5.32 Å². The summed E-state index contributed by atoms with van der Waals surface area (Å²) in [5.74, 6) is 0. The van der Waals surface area contributed by atoms with Crippen LogP contribution in [-0.2, 0) is 6.42 Å². The molecular formula is C13H23NS. The van der Waals surface area contributed by atoms with Gasteiger partial charge in [0.2, 0.25) is 0 Å². The van der Waals surface area contributed by atoms with Gasteiger partial charge in [-0.15, -0.1) is 11.3 Å². The van der Waals surface area contributed by atoms with Crippen LogP contribution in [0.15, 0.2) is 11.4 Å². The lowest BCUT2D eigenvalue weighted by atomic mass is 10.0. The first-order valence-corrected chi connectivity index (χ1v) is 6.91. The van der Waals surface area contributed by atoms with E-state index < -0.39 is 0 Å². The van der Waals surface area contributed by atoms with Crippen molar-refractivity contribution in [3.8, 4) is 0 Å². The summed E-state index contributed by atoms with van der Waals surface area (Å²) in [5.41, 5.74) is 1.51. The van der Waals surface area contributed by atoms with Gasteiger partial charge in [-0.05, 0) is 49.7 Å². The van der Waals surface area contributed by atoms with Gasteiger partial charge >= 0.3 is 0 Å². The molecule has 2 heteroatoms. The van der Waals surface area contributed by atoms with Gasteiger partial charge in [0.05, 0.1) is 0 Å². The van der Waals surface area contributed by atoms with Crippen LogP contribution in [0.25, 0.3) is 0 Å². The summed E-state index contributed by atoms with van der Waals surface area (Å²) in [5, 5.41) is 5.86. The molecule has 86 valence electrons. The zero-order chi connectivity index (χ0) is 11.1. The van der Waals surface area contributed by atoms with Crippen molar-refractivity contribution in [3.63, 3.8) is 0 Å². The van der Waals surface area contributed by atoms with Gasteiger partial charge in [-0.25, -0.2) is 0 Å². The highest BCUT2D eigenvalue weighted by Crippen LogP contribution is 2.16. The Balaban J connectivity index is 2.32. The zero-order valence-electron chi connectivity index (χ0n) is 10.2. The molecular weight excluding hydrogens is 202 g/mol. The minimum atomic E-state index is 0.709. The predicted octanol–water partition coefficient (Wildman–Crippen LogP) is 3.77. The van der Waals surface area contributed by atoms with Crippen LogP contribution in [-0.4, -0.2) is 12.6 Å². The lowest BCUT2D eigenvalue weighted by Gasteiger charge is -2.16. The Bertz CT molecular complexity index is 261. The molecule has 1 N–H and O–H groups in total. The van der Waals surface area contributed by atoms with Crippen molar-refractivity contribution in [2.75, 3.05) is 6.54 Å². The molecule has 1 aromatic rings. The van der Waals surface area contributed by atoms with E-state index in [2.05, 4.69) is 37.5 Å². The average molecular weight is 225 g/mol. The molecule has 0 aliphatic rings. The summed E-state index contributed by atoms with van der Waals surface area (Å²) >= 11 is 1.86. The first-order valence-electron chi connectivity index (χ1n) is 6.03. The standard InChI is InChI=1S/C13H23NS/c1-4-6-13(14-5-2)8-7-12-9-11(3)15-10-12/h9-10,13-14H,4-8H2,1-3H3. The maximum atomic E-state index is 3.56. The van der Waals surface area contributed by atoms with E-state index in [9.17, 15) is 0 Å². The lowest BCUT2D eigenvalue weighted by Crippen LogP contribution is -2.29. The summed E-state index contributed by atoms with van der Waals surface area (Å²) in [7, 11) is 0. The zero-order valence-corrected chi connectivity index (χ0v) is 11.0. The molecule has 15 heavy (non-hydrogen) atoms. The smallest absolute Gasteiger partial charge is 0.00700 e. The molecule has 0 aliphatic carbocycles. The molecule has 0 radical (unpaired) electrons. The van der Waals surface area contributed by atoms with Gasteiger partial charge in [-0.1, -0.05) is 20.3 Å². The minimum absolute atomic E-state index is 0.709. The molecule has 0 amide bonds. The number of nitrogens with one attached hydrogen (secondary N) is 1. The van der Waals surface area contributed by atoms with E-state index in [-0.39, 0.29) is 0 Å². The molecule has 0 bridgehead atoms. The van der Waals surface area contributed by atoms with E-state index >= 15 is 0 Å². The molecule has 0 aromatic carbocycles. The molecule has 1 aromatic heterocycles. The highest BCUT2D eigenvalue weighted by atomic mass is 32.1. The van der Waals surface area contributed by atoms with Crippen molar-refractivity contribution in [2.24, 2.45) is 0 Å². The summed E-state index contributed by atoms with van der Waals surface area (Å²) in [6.45, 7) is 7.73. The van der Waals surface area contributed by atoms with Crippen molar-refractivity contribution in [1.29, 1.82) is 0 Å². The number of aryl methyl sites for hydroxylation is 2. The van der Waals surface area contributed by atoms with Crippen molar-refractivity contribution in [1.82, 2.24) is 5.32 Å². The minimum Gasteiger partial charge on any atom is -0.314 e. The fourth-order valence-electron chi connectivity index (χ4n) is 1.96. The van der Waals surface area contributed by atoms with Gasteiger partial charge < -0.3 is 5.32 Å². The van der Waals surface area contributed by atoms with Crippen LogP contribution in [0.2, 0.25) is 0 Å². The number of thiophene rings is 1. The maximum absolute atomic E-state index is 3.56.